The number of non-ortho nitro benzene ring substituents is 1. The molecule has 0 saturated carbocycles. The highest BCUT2D eigenvalue weighted by Crippen LogP contribution is 2.29. The third kappa shape index (κ3) is 5.48. The molecule has 29 heavy (non-hydrogen) atoms. The van der Waals surface area contributed by atoms with Crippen molar-refractivity contribution in [3.63, 3.8) is 0 Å². The van der Waals surface area contributed by atoms with Gasteiger partial charge in [0.25, 0.3) is 11.6 Å². The van der Waals surface area contributed by atoms with Gasteiger partial charge < -0.3 is 14.2 Å². The van der Waals surface area contributed by atoms with Crippen LogP contribution in [0.25, 0.3) is 11.5 Å². The molecule has 152 valence electrons. The number of rotatable bonds is 9. The maximum absolute atomic E-state index is 12.0. The lowest BCUT2D eigenvalue weighted by molar-refractivity contribution is -0.384. The van der Waals surface area contributed by atoms with Crippen LogP contribution >= 0.6 is 23.4 Å². The minimum atomic E-state index is -0.836. The number of halogens is 1. The minimum absolute atomic E-state index is 0.00522. The highest BCUT2D eigenvalue weighted by atomic mass is 35.5. The van der Waals surface area contributed by atoms with Crippen LogP contribution in [0.15, 0.2) is 50.2 Å². The van der Waals surface area contributed by atoms with Crippen molar-refractivity contribution < 1.29 is 18.6 Å². The van der Waals surface area contributed by atoms with Gasteiger partial charge in [-0.2, -0.15) is 16.4 Å². The SMILES string of the molecule is O=C(Cn1nc(-c2ccc([N+](=O)[O-])cc2Cl)oc1=O)NCCSCc1ccco1. The Kier molecular flexibility index (Phi) is 6.73. The second-order valence-corrected chi connectivity index (χ2v) is 7.25. The monoisotopic (exact) mass is 438 g/mol. The molecule has 1 N–H and O–H groups in total. The lowest BCUT2D eigenvalue weighted by Gasteiger charge is -2.04. The molecule has 1 amide bonds. The van der Waals surface area contributed by atoms with Crippen molar-refractivity contribution in [3.05, 3.63) is 68.0 Å². The summed E-state index contributed by atoms with van der Waals surface area (Å²) in [6.45, 7) is 0.0909. The van der Waals surface area contributed by atoms with E-state index in [4.69, 9.17) is 20.4 Å². The van der Waals surface area contributed by atoms with Crippen molar-refractivity contribution in [1.82, 2.24) is 15.1 Å². The summed E-state index contributed by atoms with van der Waals surface area (Å²) in [6, 6.07) is 7.35. The molecule has 1 aromatic carbocycles. The Morgan fingerprint density at radius 1 is 1.38 bits per heavy atom. The highest BCUT2D eigenvalue weighted by molar-refractivity contribution is 7.98. The van der Waals surface area contributed by atoms with Gasteiger partial charge in [-0.25, -0.2) is 4.79 Å². The van der Waals surface area contributed by atoms with Crippen LogP contribution in [-0.4, -0.2) is 32.9 Å². The van der Waals surface area contributed by atoms with E-state index < -0.39 is 16.6 Å². The van der Waals surface area contributed by atoms with Crippen LogP contribution in [0.2, 0.25) is 5.02 Å². The summed E-state index contributed by atoms with van der Waals surface area (Å²) >= 11 is 7.60. The number of carbonyl (C=O) groups excluding carboxylic acids is 1. The molecule has 3 rings (SSSR count). The molecule has 10 nitrogen and oxygen atoms in total. The number of nitro groups is 1. The minimum Gasteiger partial charge on any atom is -0.468 e. The zero-order chi connectivity index (χ0) is 20.8. The fraction of sp³-hybridized carbons (Fsp3) is 0.235. The summed E-state index contributed by atoms with van der Waals surface area (Å²) in [5.74, 6) is 0.858. The maximum Gasteiger partial charge on any atom is 0.437 e. The summed E-state index contributed by atoms with van der Waals surface area (Å²) in [6.07, 6.45) is 1.60. The average Bonchev–Trinajstić information content (AvgIpc) is 3.31. The molecule has 0 radical (unpaired) electrons. The lowest BCUT2D eigenvalue weighted by Crippen LogP contribution is -2.32. The van der Waals surface area contributed by atoms with Crippen molar-refractivity contribution in [2.24, 2.45) is 0 Å². The van der Waals surface area contributed by atoms with Crippen molar-refractivity contribution in [2.75, 3.05) is 12.3 Å². The van der Waals surface area contributed by atoms with Gasteiger partial charge in [0.05, 0.1) is 27.5 Å². The number of amides is 1. The summed E-state index contributed by atoms with van der Waals surface area (Å²) in [7, 11) is 0. The standard InChI is InChI=1S/C17H15ClN4O6S/c18-14-8-11(22(25)26)3-4-13(14)16-20-21(17(24)28-16)9-15(23)19-5-7-29-10-12-2-1-6-27-12/h1-4,6,8H,5,7,9-10H2,(H,19,23). The lowest BCUT2D eigenvalue weighted by atomic mass is 10.2. The Morgan fingerprint density at radius 3 is 2.90 bits per heavy atom. The fourth-order valence-corrected chi connectivity index (χ4v) is 3.34. The first-order valence-electron chi connectivity index (χ1n) is 8.33. The number of hydrogen-bond acceptors (Lipinski definition) is 8. The number of benzene rings is 1. The van der Waals surface area contributed by atoms with Gasteiger partial charge in [0, 0.05) is 24.4 Å². The molecule has 0 aliphatic rings. The summed E-state index contributed by atoms with van der Waals surface area (Å²) < 4.78 is 11.1. The third-order valence-corrected chi connectivity index (χ3v) is 4.98. The van der Waals surface area contributed by atoms with E-state index in [2.05, 4.69) is 10.4 Å². The molecule has 3 aromatic rings. The molecule has 0 atom stereocenters. The predicted octanol–water partition coefficient (Wildman–Crippen LogP) is 2.71. The first-order valence-corrected chi connectivity index (χ1v) is 9.86. The molecule has 0 saturated heterocycles. The second-order valence-electron chi connectivity index (χ2n) is 5.73. The first-order chi connectivity index (χ1) is 13.9. The zero-order valence-electron chi connectivity index (χ0n) is 14.9. The quantitative estimate of drug-likeness (QED) is 0.306. The van der Waals surface area contributed by atoms with E-state index >= 15 is 0 Å². The van der Waals surface area contributed by atoms with Crippen LogP contribution in [-0.2, 0) is 17.1 Å². The molecule has 0 aliphatic heterocycles. The Balaban J connectivity index is 1.54. The highest BCUT2D eigenvalue weighted by Gasteiger charge is 2.17. The number of hydrogen-bond donors (Lipinski definition) is 1. The van der Waals surface area contributed by atoms with Gasteiger partial charge in [0.1, 0.15) is 12.3 Å². The molecular weight excluding hydrogens is 424 g/mol. The third-order valence-electron chi connectivity index (χ3n) is 3.69. The summed E-state index contributed by atoms with van der Waals surface area (Å²) in [4.78, 5) is 34.1. The normalized spacial score (nSPS) is 10.8. The topological polar surface area (TPSA) is 133 Å². The molecule has 0 unspecified atom stereocenters. The number of furan rings is 1. The molecule has 0 fully saturated rings. The van der Waals surface area contributed by atoms with Crippen molar-refractivity contribution >= 4 is 35.0 Å². The first kappa shape index (κ1) is 20.7. The molecule has 0 bridgehead atoms. The largest absolute Gasteiger partial charge is 0.468 e. The van der Waals surface area contributed by atoms with Crippen LogP contribution < -0.4 is 11.1 Å². The molecule has 2 aromatic heterocycles. The van der Waals surface area contributed by atoms with E-state index in [9.17, 15) is 19.7 Å². The van der Waals surface area contributed by atoms with Gasteiger partial charge in [0.15, 0.2) is 0 Å². The van der Waals surface area contributed by atoms with E-state index in [1.807, 2.05) is 12.1 Å². The van der Waals surface area contributed by atoms with Gasteiger partial charge in [-0.3, -0.25) is 14.9 Å². The molecule has 2 heterocycles. The Labute approximate surface area is 173 Å². The Bertz CT molecular complexity index is 1060. The number of nitrogens with zero attached hydrogens (tertiary/aromatic N) is 3. The van der Waals surface area contributed by atoms with E-state index in [0.29, 0.717) is 18.1 Å². The van der Waals surface area contributed by atoms with Gasteiger partial charge >= 0.3 is 5.76 Å². The zero-order valence-corrected chi connectivity index (χ0v) is 16.4. The van der Waals surface area contributed by atoms with E-state index in [-0.39, 0.29) is 28.7 Å². The molecule has 0 spiro atoms. The van der Waals surface area contributed by atoms with Crippen LogP contribution in [0.5, 0.6) is 0 Å². The van der Waals surface area contributed by atoms with Gasteiger partial charge in [-0.05, 0) is 18.2 Å². The smallest absolute Gasteiger partial charge is 0.437 e. The number of nitrogens with one attached hydrogen (secondary N) is 1. The van der Waals surface area contributed by atoms with Gasteiger partial charge in [0.2, 0.25) is 5.91 Å². The maximum atomic E-state index is 12.0. The number of thioether (sulfide) groups is 1. The number of carbonyl (C=O) groups is 1. The van der Waals surface area contributed by atoms with Crippen LogP contribution in [0.4, 0.5) is 5.69 Å². The van der Waals surface area contributed by atoms with E-state index in [1.165, 1.54) is 12.1 Å². The predicted molar refractivity (Wildman–Crippen MR) is 106 cm³/mol. The number of aromatic nitrogens is 2. The number of nitro benzene ring substituents is 1. The Hall–Kier alpha value is -3.05. The van der Waals surface area contributed by atoms with Crippen LogP contribution in [0.1, 0.15) is 5.76 Å². The van der Waals surface area contributed by atoms with Crippen LogP contribution in [0, 0.1) is 10.1 Å². The van der Waals surface area contributed by atoms with Crippen molar-refractivity contribution in [1.29, 1.82) is 0 Å². The fourth-order valence-electron chi connectivity index (χ4n) is 2.33. The summed E-state index contributed by atoms with van der Waals surface area (Å²) in [5, 5.41) is 17.4. The Morgan fingerprint density at radius 2 is 2.21 bits per heavy atom. The molecule has 12 heteroatoms. The van der Waals surface area contributed by atoms with E-state index in [0.717, 1.165) is 16.5 Å². The molecule has 0 aliphatic carbocycles. The van der Waals surface area contributed by atoms with E-state index in [1.54, 1.807) is 18.0 Å². The van der Waals surface area contributed by atoms with Crippen molar-refractivity contribution in [3.8, 4) is 11.5 Å². The van der Waals surface area contributed by atoms with Crippen molar-refractivity contribution in [2.45, 2.75) is 12.3 Å². The van der Waals surface area contributed by atoms with Gasteiger partial charge in [-0.15, -0.1) is 5.10 Å². The molecular formula is C17H15ClN4O6S. The second kappa shape index (κ2) is 9.43. The van der Waals surface area contributed by atoms with Gasteiger partial charge in [-0.1, -0.05) is 11.6 Å². The van der Waals surface area contributed by atoms with Crippen LogP contribution in [0.3, 0.4) is 0 Å². The summed E-state index contributed by atoms with van der Waals surface area (Å²) in [5.41, 5.74) is 0.00711. The average molecular weight is 439 g/mol.